The molecular formula is C8H12N2O2. The number of rotatable bonds is 2. The van der Waals surface area contributed by atoms with Gasteiger partial charge in [-0.05, 0) is 12.8 Å². The Morgan fingerprint density at radius 3 is 2.75 bits per heavy atom. The van der Waals surface area contributed by atoms with E-state index in [1.165, 1.54) is 0 Å². The summed E-state index contributed by atoms with van der Waals surface area (Å²) in [4.78, 5) is 22.0. The van der Waals surface area contributed by atoms with Crippen LogP contribution in [0.25, 0.3) is 0 Å². The third-order valence-electron chi connectivity index (χ3n) is 2.27. The summed E-state index contributed by atoms with van der Waals surface area (Å²) in [7, 11) is 0. The first-order valence-corrected chi connectivity index (χ1v) is 4.33. The highest BCUT2D eigenvalue weighted by molar-refractivity contribution is 5.84. The third-order valence-corrected chi connectivity index (χ3v) is 2.27. The largest absolute Gasteiger partial charge is 0.354 e. The van der Waals surface area contributed by atoms with Crippen molar-refractivity contribution < 1.29 is 9.59 Å². The maximum atomic E-state index is 11.2. The van der Waals surface area contributed by atoms with Crippen molar-refractivity contribution in [2.45, 2.75) is 25.3 Å². The zero-order chi connectivity index (χ0) is 8.55. The average molecular weight is 168 g/mol. The topological polar surface area (TPSA) is 58.2 Å². The van der Waals surface area contributed by atoms with Crippen LogP contribution in [0.3, 0.4) is 0 Å². The first-order chi connectivity index (χ1) is 5.75. The van der Waals surface area contributed by atoms with Gasteiger partial charge in [0.2, 0.25) is 11.8 Å². The van der Waals surface area contributed by atoms with Gasteiger partial charge in [0.1, 0.15) is 0 Å². The summed E-state index contributed by atoms with van der Waals surface area (Å²) in [5.41, 5.74) is 0. The minimum Gasteiger partial charge on any atom is -0.354 e. The molecule has 1 saturated heterocycles. The third kappa shape index (κ3) is 1.57. The van der Waals surface area contributed by atoms with Crippen LogP contribution in [0, 0.1) is 5.92 Å². The first-order valence-electron chi connectivity index (χ1n) is 4.33. The van der Waals surface area contributed by atoms with Crippen LogP contribution in [0.5, 0.6) is 0 Å². The monoisotopic (exact) mass is 168 g/mol. The lowest BCUT2D eigenvalue weighted by Crippen LogP contribution is -2.37. The van der Waals surface area contributed by atoms with E-state index in [0.717, 1.165) is 12.8 Å². The molecule has 1 saturated carbocycles. The molecule has 0 aromatic rings. The lowest BCUT2D eigenvalue weighted by atomic mass is 10.2. The Kier molecular flexibility index (Phi) is 1.75. The van der Waals surface area contributed by atoms with Gasteiger partial charge in [-0.1, -0.05) is 0 Å². The second kappa shape index (κ2) is 2.77. The Morgan fingerprint density at radius 2 is 2.25 bits per heavy atom. The van der Waals surface area contributed by atoms with Gasteiger partial charge in [0.25, 0.3) is 0 Å². The van der Waals surface area contributed by atoms with E-state index in [9.17, 15) is 9.59 Å². The van der Waals surface area contributed by atoms with Crippen LogP contribution in [0.4, 0.5) is 0 Å². The van der Waals surface area contributed by atoms with Gasteiger partial charge in [0.05, 0.1) is 6.04 Å². The highest BCUT2D eigenvalue weighted by atomic mass is 16.2. The molecule has 4 nitrogen and oxygen atoms in total. The molecule has 12 heavy (non-hydrogen) atoms. The molecular weight excluding hydrogens is 156 g/mol. The Morgan fingerprint density at radius 1 is 1.50 bits per heavy atom. The van der Waals surface area contributed by atoms with E-state index in [0.29, 0.717) is 13.0 Å². The maximum Gasteiger partial charge on any atom is 0.223 e. The van der Waals surface area contributed by atoms with Crippen LogP contribution >= 0.6 is 0 Å². The number of carbonyl (C=O) groups is 2. The van der Waals surface area contributed by atoms with Gasteiger partial charge in [0, 0.05) is 18.9 Å². The lowest BCUT2D eigenvalue weighted by Gasteiger charge is -2.08. The fourth-order valence-electron chi connectivity index (χ4n) is 1.37. The van der Waals surface area contributed by atoms with Crippen LogP contribution in [0.15, 0.2) is 0 Å². The lowest BCUT2D eigenvalue weighted by molar-refractivity contribution is -0.122. The van der Waals surface area contributed by atoms with Crippen molar-refractivity contribution in [3.8, 4) is 0 Å². The molecule has 0 aromatic carbocycles. The minimum atomic E-state index is 0.0330. The van der Waals surface area contributed by atoms with Gasteiger partial charge in [-0.15, -0.1) is 0 Å². The van der Waals surface area contributed by atoms with Crippen LogP contribution in [-0.2, 0) is 9.59 Å². The molecule has 66 valence electrons. The summed E-state index contributed by atoms with van der Waals surface area (Å²) in [5, 5.41) is 5.53. The Bertz CT molecular complexity index is 223. The number of hydrogen-bond donors (Lipinski definition) is 2. The van der Waals surface area contributed by atoms with Gasteiger partial charge in [0.15, 0.2) is 0 Å². The van der Waals surface area contributed by atoms with E-state index >= 15 is 0 Å². The number of carbonyl (C=O) groups excluding carboxylic acids is 2. The van der Waals surface area contributed by atoms with Crippen molar-refractivity contribution in [3.63, 3.8) is 0 Å². The molecule has 2 fully saturated rings. The molecule has 0 unspecified atom stereocenters. The number of nitrogens with one attached hydrogen (secondary N) is 2. The molecule has 1 aliphatic heterocycles. The standard InChI is InChI=1S/C8H12N2O2/c11-7-3-6(4-9-7)10-8(12)5-1-2-5/h5-6H,1-4H2,(H,9,11)(H,10,12)/t6-/m0/s1. The van der Waals surface area contributed by atoms with Gasteiger partial charge in [-0.25, -0.2) is 0 Å². The second-order valence-electron chi connectivity index (χ2n) is 3.49. The van der Waals surface area contributed by atoms with Gasteiger partial charge < -0.3 is 10.6 Å². The fourth-order valence-corrected chi connectivity index (χ4v) is 1.37. The van der Waals surface area contributed by atoms with Crippen molar-refractivity contribution in [2.75, 3.05) is 6.54 Å². The minimum absolute atomic E-state index is 0.0330. The van der Waals surface area contributed by atoms with Crippen LogP contribution in [0.2, 0.25) is 0 Å². The summed E-state index contributed by atoms with van der Waals surface area (Å²) >= 11 is 0. The predicted molar refractivity (Wildman–Crippen MR) is 42.3 cm³/mol. The molecule has 0 spiro atoms. The Hall–Kier alpha value is -1.06. The van der Waals surface area contributed by atoms with E-state index in [4.69, 9.17) is 0 Å². The molecule has 4 heteroatoms. The zero-order valence-electron chi connectivity index (χ0n) is 6.80. The van der Waals surface area contributed by atoms with E-state index in [-0.39, 0.29) is 23.8 Å². The van der Waals surface area contributed by atoms with Crippen LogP contribution < -0.4 is 10.6 Å². The van der Waals surface area contributed by atoms with E-state index in [1.807, 2.05) is 0 Å². The van der Waals surface area contributed by atoms with Crippen molar-refractivity contribution in [1.82, 2.24) is 10.6 Å². The average Bonchev–Trinajstić information content (AvgIpc) is 2.78. The summed E-state index contributed by atoms with van der Waals surface area (Å²) in [6, 6.07) is 0.0330. The molecule has 1 heterocycles. The van der Waals surface area contributed by atoms with Crippen LogP contribution in [0.1, 0.15) is 19.3 Å². The molecule has 1 aliphatic carbocycles. The Balaban J connectivity index is 1.78. The summed E-state index contributed by atoms with van der Waals surface area (Å²) < 4.78 is 0. The van der Waals surface area contributed by atoms with E-state index < -0.39 is 0 Å². The van der Waals surface area contributed by atoms with Crippen molar-refractivity contribution in [3.05, 3.63) is 0 Å². The zero-order valence-corrected chi connectivity index (χ0v) is 6.80. The molecule has 1 atom stereocenters. The van der Waals surface area contributed by atoms with Crippen molar-refractivity contribution in [2.24, 2.45) is 5.92 Å². The van der Waals surface area contributed by atoms with Gasteiger partial charge in [-0.2, -0.15) is 0 Å². The highest BCUT2D eigenvalue weighted by Crippen LogP contribution is 2.29. The molecule has 2 rings (SSSR count). The number of amides is 2. The van der Waals surface area contributed by atoms with Crippen LogP contribution in [-0.4, -0.2) is 24.4 Å². The fraction of sp³-hybridized carbons (Fsp3) is 0.750. The normalized spacial score (nSPS) is 28.3. The SMILES string of the molecule is O=C1C[C@H](NC(=O)C2CC2)CN1. The van der Waals surface area contributed by atoms with Crippen molar-refractivity contribution in [1.29, 1.82) is 0 Å². The molecule has 0 radical (unpaired) electrons. The highest BCUT2D eigenvalue weighted by Gasteiger charge is 2.32. The van der Waals surface area contributed by atoms with Gasteiger partial charge in [-0.3, -0.25) is 9.59 Å². The predicted octanol–water partition coefficient (Wildman–Crippen LogP) is -0.599. The molecule has 2 aliphatic rings. The maximum absolute atomic E-state index is 11.2. The van der Waals surface area contributed by atoms with E-state index in [1.54, 1.807) is 0 Å². The number of hydrogen-bond acceptors (Lipinski definition) is 2. The molecule has 2 N–H and O–H groups in total. The summed E-state index contributed by atoms with van der Waals surface area (Å²) in [5.74, 6) is 0.397. The summed E-state index contributed by atoms with van der Waals surface area (Å²) in [6.07, 6.45) is 2.47. The quantitative estimate of drug-likeness (QED) is 0.578. The molecule has 0 bridgehead atoms. The molecule has 2 amide bonds. The van der Waals surface area contributed by atoms with Crippen molar-refractivity contribution >= 4 is 11.8 Å². The van der Waals surface area contributed by atoms with Gasteiger partial charge >= 0.3 is 0 Å². The first kappa shape index (κ1) is 7.58. The smallest absolute Gasteiger partial charge is 0.223 e. The summed E-state index contributed by atoms with van der Waals surface area (Å²) in [6.45, 7) is 0.595. The second-order valence-corrected chi connectivity index (χ2v) is 3.49. The Labute approximate surface area is 70.7 Å². The van der Waals surface area contributed by atoms with E-state index in [2.05, 4.69) is 10.6 Å². The molecule has 0 aromatic heterocycles.